The van der Waals surface area contributed by atoms with E-state index in [1.165, 1.54) is 77.2 Å². The minimum Gasteiger partial charge on any atom is -0.334 e. The lowest BCUT2D eigenvalue weighted by molar-refractivity contribution is 0.787. The first kappa shape index (κ1) is 42.4. The predicted octanol–water partition coefficient (Wildman–Crippen LogP) is 18.7. The van der Waals surface area contributed by atoms with Gasteiger partial charge in [-0.2, -0.15) is 0 Å². The summed E-state index contributed by atoms with van der Waals surface area (Å²) in [6, 6.07) is 96.9. The molecule has 0 saturated heterocycles. The Kier molecular flexibility index (Phi) is 11.5. The van der Waals surface area contributed by atoms with Crippen molar-refractivity contribution in [3.05, 3.63) is 291 Å². The molecule has 0 amide bonds. The lowest BCUT2D eigenvalue weighted by atomic mass is 9.94. The van der Waals surface area contributed by atoms with E-state index in [1.807, 2.05) is 0 Å². The quantitative estimate of drug-likeness (QED) is 0.128. The van der Waals surface area contributed by atoms with E-state index in [9.17, 15) is 0 Å². The summed E-state index contributed by atoms with van der Waals surface area (Å²) in [5.74, 6) is 0. The molecule has 1 atom stereocenters. The zero-order valence-corrected chi connectivity index (χ0v) is 38.8. The molecule has 1 unspecified atom stereocenters. The van der Waals surface area contributed by atoms with Crippen LogP contribution in [-0.4, -0.2) is 6.04 Å². The Morgan fingerprint density at radius 3 is 1.24 bits per heavy atom. The molecule has 332 valence electrons. The van der Waals surface area contributed by atoms with Crippen LogP contribution in [0.25, 0.3) is 71.6 Å². The van der Waals surface area contributed by atoms with Crippen LogP contribution in [-0.2, 0) is 0 Å². The van der Waals surface area contributed by atoms with Crippen molar-refractivity contribution in [2.24, 2.45) is 0 Å². The number of hydrogen-bond donors (Lipinski definition) is 0. The van der Waals surface area contributed by atoms with Crippen molar-refractivity contribution >= 4 is 55.6 Å². The van der Waals surface area contributed by atoms with Crippen LogP contribution < -0.4 is 9.80 Å². The summed E-state index contributed by atoms with van der Waals surface area (Å²) in [5.41, 5.74) is 17.8. The molecule has 0 heterocycles. The summed E-state index contributed by atoms with van der Waals surface area (Å²) in [5, 5.41) is 4.89. The van der Waals surface area contributed by atoms with Crippen LogP contribution in [0, 0.1) is 0 Å². The average Bonchev–Trinajstić information content (AvgIpc) is 3.45. The van der Waals surface area contributed by atoms with Gasteiger partial charge in [0.05, 0.1) is 11.7 Å². The van der Waals surface area contributed by atoms with Gasteiger partial charge in [0.1, 0.15) is 0 Å². The van der Waals surface area contributed by atoms with Crippen LogP contribution in [0.5, 0.6) is 0 Å². The minimum absolute atomic E-state index is 0.116. The van der Waals surface area contributed by atoms with E-state index in [2.05, 4.69) is 295 Å². The summed E-state index contributed by atoms with van der Waals surface area (Å²) < 4.78 is 0. The van der Waals surface area contributed by atoms with E-state index in [0.29, 0.717) is 0 Å². The standard InChI is InChI=1S/C68H50N2/c1-3-12-49(13-4-1)52-22-26-54(27-23-52)56-30-39-62(40-31-56)69(63-41-32-57(33-42-63)55-28-24-53(25-29-55)50-14-5-2-6-15-50)64-43-34-58(35-44-64)59-36-45-65(46-37-59)70(66-47-38-51-16-7-8-18-61(51)48-66)68-21-11-19-60-17-9-10-20-67(60)68/h1-43,45-48,64H,44H2. The normalized spacial score (nSPS) is 13.3. The maximum absolute atomic E-state index is 2.49. The fraction of sp³-hybridized carbons (Fsp3) is 0.0294. The molecule has 11 aromatic rings. The lowest BCUT2D eigenvalue weighted by Gasteiger charge is -2.33. The first-order valence-corrected chi connectivity index (χ1v) is 24.3. The van der Waals surface area contributed by atoms with Crippen molar-refractivity contribution in [3.8, 4) is 44.5 Å². The van der Waals surface area contributed by atoms with Gasteiger partial charge in [-0.3, -0.25) is 0 Å². The van der Waals surface area contributed by atoms with Crippen LogP contribution in [0.1, 0.15) is 12.0 Å². The summed E-state index contributed by atoms with van der Waals surface area (Å²) >= 11 is 0. The number of benzene rings is 11. The average molecular weight is 895 g/mol. The molecule has 0 saturated carbocycles. The van der Waals surface area contributed by atoms with Crippen molar-refractivity contribution in [2.45, 2.75) is 12.5 Å². The molecule has 70 heavy (non-hydrogen) atoms. The monoisotopic (exact) mass is 894 g/mol. The second-order valence-corrected chi connectivity index (χ2v) is 18.1. The van der Waals surface area contributed by atoms with Crippen molar-refractivity contribution in [1.29, 1.82) is 0 Å². The summed E-state index contributed by atoms with van der Waals surface area (Å²) in [7, 11) is 0. The Bertz CT molecular complexity index is 3500. The van der Waals surface area contributed by atoms with Gasteiger partial charge in [-0.1, -0.05) is 231 Å². The van der Waals surface area contributed by atoms with Gasteiger partial charge in [-0.25, -0.2) is 0 Å². The van der Waals surface area contributed by atoms with Crippen molar-refractivity contribution < 1.29 is 0 Å². The Hall–Kier alpha value is -8.98. The van der Waals surface area contributed by atoms with Gasteiger partial charge in [0.2, 0.25) is 0 Å². The number of nitrogens with zero attached hydrogens (tertiary/aromatic N) is 2. The predicted molar refractivity (Wildman–Crippen MR) is 298 cm³/mol. The van der Waals surface area contributed by atoms with E-state index in [-0.39, 0.29) is 6.04 Å². The van der Waals surface area contributed by atoms with Crippen molar-refractivity contribution in [2.75, 3.05) is 9.80 Å². The van der Waals surface area contributed by atoms with Crippen molar-refractivity contribution in [1.82, 2.24) is 0 Å². The number of rotatable bonds is 11. The highest BCUT2D eigenvalue weighted by Gasteiger charge is 2.22. The molecule has 2 heteroatoms. The van der Waals surface area contributed by atoms with E-state index >= 15 is 0 Å². The molecule has 11 aromatic carbocycles. The van der Waals surface area contributed by atoms with Gasteiger partial charge in [0.25, 0.3) is 0 Å². The second kappa shape index (κ2) is 19.0. The highest BCUT2D eigenvalue weighted by molar-refractivity contribution is 6.00. The second-order valence-electron chi connectivity index (χ2n) is 18.1. The van der Waals surface area contributed by atoms with Crippen LogP contribution in [0.4, 0.5) is 28.4 Å². The first-order chi connectivity index (χ1) is 34.7. The summed E-state index contributed by atoms with van der Waals surface area (Å²) in [4.78, 5) is 4.89. The van der Waals surface area contributed by atoms with Crippen LogP contribution in [0.3, 0.4) is 0 Å². The molecule has 0 N–H and O–H groups in total. The summed E-state index contributed by atoms with van der Waals surface area (Å²) in [6.07, 6.45) is 7.96. The topological polar surface area (TPSA) is 6.48 Å². The van der Waals surface area contributed by atoms with Gasteiger partial charge in [0.15, 0.2) is 0 Å². The van der Waals surface area contributed by atoms with Crippen LogP contribution in [0.2, 0.25) is 0 Å². The first-order valence-electron chi connectivity index (χ1n) is 24.3. The largest absolute Gasteiger partial charge is 0.334 e. The Labute approximate surface area is 411 Å². The van der Waals surface area contributed by atoms with Gasteiger partial charge in [-0.15, -0.1) is 0 Å². The Morgan fingerprint density at radius 1 is 0.300 bits per heavy atom. The SMILES string of the molecule is C1=CC(N(c2ccc(-c3ccc(-c4ccccc4)cc3)cc2)c2ccc(-c3ccc(-c4ccccc4)cc3)cc2)CC=C1c1ccc(N(c2ccc3ccccc3c2)c2cccc3ccccc23)cc1. The number of hydrogen-bond acceptors (Lipinski definition) is 2. The van der Waals surface area contributed by atoms with Gasteiger partial charge >= 0.3 is 0 Å². The van der Waals surface area contributed by atoms with Gasteiger partial charge in [0, 0.05) is 28.1 Å². The molecule has 12 rings (SSSR count). The van der Waals surface area contributed by atoms with Gasteiger partial charge < -0.3 is 9.80 Å². The molecule has 0 bridgehead atoms. The van der Waals surface area contributed by atoms with E-state index in [1.54, 1.807) is 0 Å². The third-order valence-electron chi connectivity index (χ3n) is 13.8. The zero-order chi connectivity index (χ0) is 46.6. The van der Waals surface area contributed by atoms with E-state index in [0.717, 1.165) is 34.9 Å². The molecule has 0 radical (unpaired) electrons. The highest BCUT2D eigenvalue weighted by Crippen LogP contribution is 2.41. The molecule has 0 aromatic heterocycles. The van der Waals surface area contributed by atoms with Crippen molar-refractivity contribution in [3.63, 3.8) is 0 Å². The molecule has 2 nitrogen and oxygen atoms in total. The molecule has 0 spiro atoms. The molecule has 1 aliphatic carbocycles. The van der Waals surface area contributed by atoms with E-state index in [4.69, 9.17) is 0 Å². The number of allylic oxidation sites excluding steroid dienone is 2. The number of anilines is 5. The smallest absolute Gasteiger partial charge is 0.0560 e. The Morgan fingerprint density at radius 2 is 0.714 bits per heavy atom. The lowest BCUT2D eigenvalue weighted by Crippen LogP contribution is -2.30. The molecular formula is C68H50N2. The fourth-order valence-corrected chi connectivity index (χ4v) is 10.1. The molecule has 1 aliphatic rings. The molecular weight excluding hydrogens is 845 g/mol. The minimum atomic E-state index is 0.116. The maximum atomic E-state index is 2.49. The molecule has 0 fully saturated rings. The summed E-state index contributed by atoms with van der Waals surface area (Å²) in [6.45, 7) is 0. The van der Waals surface area contributed by atoms with Crippen LogP contribution >= 0.6 is 0 Å². The Balaban J connectivity index is 0.838. The maximum Gasteiger partial charge on any atom is 0.0560 e. The third kappa shape index (κ3) is 8.60. The fourth-order valence-electron chi connectivity index (χ4n) is 10.1. The van der Waals surface area contributed by atoms with Gasteiger partial charge in [-0.05, 0) is 133 Å². The number of fused-ring (bicyclic) bond motifs is 2. The van der Waals surface area contributed by atoms with E-state index < -0.39 is 0 Å². The zero-order valence-electron chi connectivity index (χ0n) is 38.8. The third-order valence-corrected chi connectivity index (χ3v) is 13.8. The van der Waals surface area contributed by atoms with Crippen LogP contribution in [0.15, 0.2) is 285 Å². The molecule has 0 aliphatic heterocycles. The highest BCUT2D eigenvalue weighted by atomic mass is 15.2.